The average molecular weight is 253 g/mol. The molecule has 0 spiro atoms. The molecule has 1 aliphatic carbocycles. The normalized spacial score (nSPS) is 16.4. The van der Waals surface area contributed by atoms with Gasteiger partial charge in [-0.3, -0.25) is 5.10 Å². The highest BCUT2D eigenvalue weighted by Crippen LogP contribution is 2.33. The number of rotatable bonds is 2. The van der Waals surface area contributed by atoms with E-state index in [1.165, 1.54) is 25.7 Å². The van der Waals surface area contributed by atoms with Crippen molar-refractivity contribution in [2.75, 3.05) is 0 Å². The van der Waals surface area contributed by atoms with Gasteiger partial charge in [-0.05, 0) is 25.0 Å². The first-order valence-corrected chi connectivity index (χ1v) is 6.81. The van der Waals surface area contributed by atoms with E-state index in [2.05, 4.69) is 15.2 Å². The Morgan fingerprint density at radius 3 is 2.84 bits per heavy atom. The highest BCUT2D eigenvalue weighted by atomic mass is 16.3. The third-order valence-electron chi connectivity index (χ3n) is 3.89. The molecule has 1 fully saturated rings. The highest BCUT2D eigenvalue weighted by Gasteiger charge is 2.21. The number of nitrogens with zero attached hydrogens (tertiary/aromatic N) is 2. The summed E-state index contributed by atoms with van der Waals surface area (Å²) in [5.41, 5.74) is 0.879. The average Bonchev–Trinajstić information content (AvgIpc) is 3.17. The molecule has 2 aromatic heterocycles. The third-order valence-corrected chi connectivity index (χ3v) is 3.89. The van der Waals surface area contributed by atoms with Gasteiger partial charge < -0.3 is 4.42 Å². The number of para-hydroxylation sites is 1. The summed E-state index contributed by atoms with van der Waals surface area (Å²) in [4.78, 5) is 4.60. The standard InChI is InChI=1S/C15H15N3O/c1-2-6-10(5-1)14-16-15(18-17-14)13-9-11-7-3-4-8-12(11)19-13/h3-4,7-10H,1-2,5-6H2,(H,16,17,18). The molecule has 0 saturated heterocycles. The summed E-state index contributed by atoms with van der Waals surface area (Å²) in [5.74, 6) is 2.96. The van der Waals surface area contributed by atoms with Gasteiger partial charge in [-0.15, -0.1) is 0 Å². The molecular weight excluding hydrogens is 238 g/mol. The summed E-state index contributed by atoms with van der Waals surface area (Å²) < 4.78 is 5.79. The number of aromatic nitrogens is 3. The van der Waals surface area contributed by atoms with Crippen molar-refractivity contribution in [3.8, 4) is 11.6 Å². The maximum atomic E-state index is 5.79. The molecule has 0 radical (unpaired) electrons. The minimum absolute atomic E-state index is 0.547. The van der Waals surface area contributed by atoms with Gasteiger partial charge in [0.2, 0.25) is 5.82 Å². The third kappa shape index (κ3) is 1.84. The van der Waals surface area contributed by atoms with Gasteiger partial charge in [0.05, 0.1) is 0 Å². The van der Waals surface area contributed by atoms with E-state index in [1.807, 2.05) is 30.3 Å². The number of furan rings is 1. The van der Waals surface area contributed by atoms with Gasteiger partial charge in [-0.2, -0.15) is 5.10 Å². The Balaban J connectivity index is 1.71. The van der Waals surface area contributed by atoms with Crippen LogP contribution in [0.5, 0.6) is 0 Å². The van der Waals surface area contributed by atoms with Gasteiger partial charge in [0.1, 0.15) is 11.4 Å². The minimum Gasteiger partial charge on any atom is -0.453 e. The lowest BCUT2D eigenvalue weighted by molar-refractivity contribution is 0.625. The molecule has 2 heterocycles. The number of nitrogens with one attached hydrogen (secondary N) is 1. The van der Waals surface area contributed by atoms with Crippen LogP contribution in [0.25, 0.3) is 22.6 Å². The first-order valence-electron chi connectivity index (χ1n) is 6.81. The zero-order chi connectivity index (χ0) is 12.7. The SMILES string of the molecule is c1ccc2oc(-c3n[nH]c(C4CCCC4)n3)cc2c1. The predicted octanol–water partition coefficient (Wildman–Crippen LogP) is 3.88. The Morgan fingerprint density at radius 2 is 2.00 bits per heavy atom. The van der Waals surface area contributed by atoms with E-state index in [0.717, 1.165) is 22.6 Å². The molecule has 0 atom stereocenters. The molecule has 96 valence electrons. The highest BCUT2D eigenvalue weighted by molar-refractivity contribution is 5.81. The van der Waals surface area contributed by atoms with E-state index >= 15 is 0 Å². The van der Waals surface area contributed by atoms with Gasteiger partial charge >= 0.3 is 0 Å². The number of fused-ring (bicyclic) bond motifs is 1. The Hall–Kier alpha value is -2.10. The maximum Gasteiger partial charge on any atom is 0.216 e. The Kier molecular flexibility index (Phi) is 2.40. The molecule has 1 N–H and O–H groups in total. The van der Waals surface area contributed by atoms with Crippen LogP contribution in [0.2, 0.25) is 0 Å². The summed E-state index contributed by atoms with van der Waals surface area (Å²) >= 11 is 0. The molecule has 19 heavy (non-hydrogen) atoms. The molecule has 4 heteroatoms. The quantitative estimate of drug-likeness (QED) is 0.754. The lowest BCUT2D eigenvalue weighted by Crippen LogP contribution is -1.94. The van der Waals surface area contributed by atoms with Crippen molar-refractivity contribution >= 4 is 11.0 Å². The van der Waals surface area contributed by atoms with E-state index < -0.39 is 0 Å². The molecular formula is C15H15N3O. The number of aromatic amines is 1. The maximum absolute atomic E-state index is 5.79. The smallest absolute Gasteiger partial charge is 0.216 e. The number of hydrogen-bond acceptors (Lipinski definition) is 3. The molecule has 1 aliphatic rings. The number of benzene rings is 1. The Bertz CT molecular complexity index is 674. The first kappa shape index (κ1) is 10.8. The zero-order valence-corrected chi connectivity index (χ0v) is 10.6. The Morgan fingerprint density at radius 1 is 1.16 bits per heavy atom. The summed E-state index contributed by atoms with van der Waals surface area (Å²) in [6.45, 7) is 0. The summed E-state index contributed by atoms with van der Waals surface area (Å²) in [7, 11) is 0. The fourth-order valence-electron chi connectivity index (χ4n) is 2.86. The van der Waals surface area contributed by atoms with Gasteiger partial charge in [-0.1, -0.05) is 31.0 Å². The van der Waals surface area contributed by atoms with Gasteiger partial charge in [-0.25, -0.2) is 4.98 Å². The summed E-state index contributed by atoms with van der Waals surface area (Å²) in [5, 5.41) is 8.45. The van der Waals surface area contributed by atoms with Crippen LogP contribution in [0.4, 0.5) is 0 Å². The van der Waals surface area contributed by atoms with Crippen LogP contribution in [0, 0.1) is 0 Å². The molecule has 3 aromatic rings. The van der Waals surface area contributed by atoms with Crippen LogP contribution < -0.4 is 0 Å². The van der Waals surface area contributed by atoms with E-state index in [9.17, 15) is 0 Å². The first-order chi connectivity index (χ1) is 9.40. The second-order valence-electron chi connectivity index (χ2n) is 5.17. The minimum atomic E-state index is 0.547. The van der Waals surface area contributed by atoms with Crippen LogP contribution in [0.15, 0.2) is 34.7 Å². The molecule has 4 rings (SSSR count). The van der Waals surface area contributed by atoms with E-state index in [1.54, 1.807) is 0 Å². The van der Waals surface area contributed by atoms with Crippen molar-refractivity contribution in [1.29, 1.82) is 0 Å². The van der Waals surface area contributed by atoms with E-state index in [-0.39, 0.29) is 0 Å². The Labute approximate surface area is 110 Å². The summed E-state index contributed by atoms with van der Waals surface area (Å²) in [6, 6.07) is 9.97. The van der Waals surface area contributed by atoms with Gasteiger partial charge in [0.25, 0.3) is 0 Å². The van der Waals surface area contributed by atoms with Crippen molar-refractivity contribution in [3.05, 3.63) is 36.2 Å². The van der Waals surface area contributed by atoms with E-state index in [0.29, 0.717) is 11.7 Å². The molecule has 4 nitrogen and oxygen atoms in total. The zero-order valence-electron chi connectivity index (χ0n) is 10.6. The largest absolute Gasteiger partial charge is 0.453 e. The van der Waals surface area contributed by atoms with Crippen LogP contribution in [0.1, 0.15) is 37.4 Å². The molecule has 1 saturated carbocycles. The van der Waals surface area contributed by atoms with Crippen LogP contribution >= 0.6 is 0 Å². The number of hydrogen-bond donors (Lipinski definition) is 1. The predicted molar refractivity (Wildman–Crippen MR) is 72.8 cm³/mol. The fourth-order valence-corrected chi connectivity index (χ4v) is 2.86. The molecule has 0 amide bonds. The topological polar surface area (TPSA) is 54.7 Å². The second-order valence-corrected chi connectivity index (χ2v) is 5.17. The lowest BCUT2D eigenvalue weighted by Gasteiger charge is -2.01. The van der Waals surface area contributed by atoms with Gasteiger partial charge in [0, 0.05) is 11.3 Å². The van der Waals surface area contributed by atoms with Crippen molar-refractivity contribution in [2.24, 2.45) is 0 Å². The monoisotopic (exact) mass is 253 g/mol. The fraction of sp³-hybridized carbons (Fsp3) is 0.333. The van der Waals surface area contributed by atoms with Crippen LogP contribution in [0.3, 0.4) is 0 Å². The number of H-pyrrole nitrogens is 1. The van der Waals surface area contributed by atoms with Crippen LogP contribution in [-0.4, -0.2) is 15.2 Å². The van der Waals surface area contributed by atoms with Crippen molar-refractivity contribution < 1.29 is 4.42 Å². The molecule has 1 aromatic carbocycles. The molecule has 0 unspecified atom stereocenters. The lowest BCUT2D eigenvalue weighted by atomic mass is 10.1. The molecule has 0 aliphatic heterocycles. The summed E-state index contributed by atoms with van der Waals surface area (Å²) in [6.07, 6.45) is 5.03. The van der Waals surface area contributed by atoms with Crippen molar-refractivity contribution in [1.82, 2.24) is 15.2 Å². The van der Waals surface area contributed by atoms with Crippen molar-refractivity contribution in [2.45, 2.75) is 31.6 Å². The molecule has 0 bridgehead atoms. The van der Waals surface area contributed by atoms with Crippen LogP contribution in [-0.2, 0) is 0 Å². The van der Waals surface area contributed by atoms with Gasteiger partial charge in [0.15, 0.2) is 5.76 Å². The van der Waals surface area contributed by atoms with E-state index in [4.69, 9.17) is 4.42 Å². The second kappa shape index (κ2) is 4.23. The van der Waals surface area contributed by atoms with Crippen molar-refractivity contribution in [3.63, 3.8) is 0 Å².